The molecule has 0 aromatic rings. The molecule has 0 spiro atoms. The van der Waals surface area contributed by atoms with E-state index in [0.29, 0.717) is 12.0 Å². The lowest BCUT2D eigenvalue weighted by atomic mass is 10.00. The molecule has 2 atom stereocenters. The van der Waals surface area contributed by atoms with E-state index in [1.807, 2.05) is 0 Å². The lowest BCUT2D eigenvalue weighted by molar-refractivity contribution is 0.311. The van der Waals surface area contributed by atoms with Crippen molar-refractivity contribution in [3.05, 3.63) is 0 Å². The van der Waals surface area contributed by atoms with Crippen molar-refractivity contribution in [3.63, 3.8) is 0 Å². The van der Waals surface area contributed by atoms with Crippen molar-refractivity contribution in [1.29, 1.82) is 0 Å². The highest BCUT2D eigenvalue weighted by molar-refractivity contribution is 4.78. The number of nitrogens with two attached hydrogens (primary N) is 1. The van der Waals surface area contributed by atoms with Gasteiger partial charge in [0.05, 0.1) is 0 Å². The minimum absolute atomic E-state index is 0.197. The Morgan fingerprint density at radius 1 is 1.27 bits per heavy atom. The largest absolute Gasteiger partial charge is 0.330 e. The standard InChI is InChI=1S/C9H22N2/c1-7(6-10)8(2)11-9(3,4)5/h7-8,11H,6,10H2,1-5H3. The van der Waals surface area contributed by atoms with E-state index in [1.54, 1.807) is 0 Å². The van der Waals surface area contributed by atoms with E-state index >= 15 is 0 Å². The molecule has 0 bridgehead atoms. The zero-order valence-electron chi connectivity index (χ0n) is 8.44. The third-order valence-corrected chi connectivity index (χ3v) is 1.89. The molecule has 0 aliphatic rings. The molecule has 0 fully saturated rings. The van der Waals surface area contributed by atoms with E-state index in [2.05, 4.69) is 39.9 Å². The Hall–Kier alpha value is -0.0800. The molecule has 0 aromatic carbocycles. The Kier molecular flexibility index (Phi) is 4.04. The van der Waals surface area contributed by atoms with Gasteiger partial charge in [0.1, 0.15) is 0 Å². The first-order valence-corrected chi connectivity index (χ1v) is 4.34. The van der Waals surface area contributed by atoms with Gasteiger partial charge in [0.25, 0.3) is 0 Å². The van der Waals surface area contributed by atoms with Crippen LogP contribution in [-0.2, 0) is 0 Å². The van der Waals surface area contributed by atoms with Gasteiger partial charge in [-0.15, -0.1) is 0 Å². The molecule has 68 valence electrons. The highest BCUT2D eigenvalue weighted by Crippen LogP contribution is 2.06. The summed E-state index contributed by atoms with van der Waals surface area (Å²) in [6, 6.07) is 0.500. The number of hydrogen-bond acceptors (Lipinski definition) is 2. The van der Waals surface area contributed by atoms with E-state index in [4.69, 9.17) is 5.73 Å². The van der Waals surface area contributed by atoms with Crippen LogP contribution in [0.25, 0.3) is 0 Å². The summed E-state index contributed by atoms with van der Waals surface area (Å²) in [5.41, 5.74) is 5.75. The topological polar surface area (TPSA) is 38.0 Å². The molecule has 0 saturated carbocycles. The molecular formula is C9H22N2. The van der Waals surface area contributed by atoms with Crippen LogP contribution in [0.15, 0.2) is 0 Å². The fourth-order valence-electron chi connectivity index (χ4n) is 1.03. The van der Waals surface area contributed by atoms with E-state index in [1.165, 1.54) is 0 Å². The first-order chi connectivity index (χ1) is 4.87. The summed E-state index contributed by atoms with van der Waals surface area (Å²) < 4.78 is 0. The van der Waals surface area contributed by atoms with Crippen molar-refractivity contribution in [3.8, 4) is 0 Å². The summed E-state index contributed by atoms with van der Waals surface area (Å²) in [4.78, 5) is 0. The number of hydrogen-bond donors (Lipinski definition) is 2. The van der Waals surface area contributed by atoms with Gasteiger partial charge in [0.2, 0.25) is 0 Å². The van der Waals surface area contributed by atoms with Gasteiger partial charge in [-0.05, 0) is 40.2 Å². The molecule has 0 aliphatic carbocycles. The summed E-state index contributed by atoms with van der Waals surface area (Å²) in [6.07, 6.45) is 0. The van der Waals surface area contributed by atoms with E-state index in [0.717, 1.165) is 6.54 Å². The lowest BCUT2D eigenvalue weighted by Gasteiger charge is -2.29. The molecule has 0 radical (unpaired) electrons. The van der Waals surface area contributed by atoms with Gasteiger partial charge in [-0.25, -0.2) is 0 Å². The third-order valence-electron chi connectivity index (χ3n) is 1.89. The predicted octanol–water partition coefficient (Wildman–Crippen LogP) is 1.36. The minimum atomic E-state index is 0.197. The monoisotopic (exact) mass is 158 g/mol. The van der Waals surface area contributed by atoms with E-state index in [-0.39, 0.29) is 5.54 Å². The number of nitrogens with one attached hydrogen (secondary N) is 1. The summed E-state index contributed by atoms with van der Waals surface area (Å²) in [5, 5.41) is 3.49. The Labute approximate surface area is 70.5 Å². The van der Waals surface area contributed by atoms with Gasteiger partial charge < -0.3 is 11.1 Å². The molecular weight excluding hydrogens is 136 g/mol. The third kappa shape index (κ3) is 5.22. The average Bonchev–Trinajstić information content (AvgIpc) is 1.82. The molecule has 0 rings (SSSR count). The second-order valence-electron chi connectivity index (χ2n) is 4.40. The van der Waals surface area contributed by atoms with Gasteiger partial charge in [0, 0.05) is 11.6 Å². The fourth-order valence-corrected chi connectivity index (χ4v) is 1.03. The van der Waals surface area contributed by atoms with Crippen LogP contribution in [0.5, 0.6) is 0 Å². The molecule has 11 heavy (non-hydrogen) atoms. The molecule has 0 saturated heterocycles. The van der Waals surface area contributed by atoms with Gasteiger partial charge in [-0.3, -0.25) is 0 Å². The molecule has 2 nitrogen and oxygen atoms in total. The predicted molar refractivity (Wildman–Crippen MR) is 50.6 cm³/mol. The molecule has 0 aromatic heterocycles. The Balaban J connectivity index is 3.77. The maximum atomic E-state index is 5.55. The first kappa shape index (κ1) is 10.9. The van der Waals surface area contributed by atoms with Crippen molar-refractivity contribution in [1.82, 2.24) is 5.32 Å². The molecule has 0 aliphatic heterocycles. The van der Waals surface area contributed by atoms with Crippen LogP contribution in [0.2, 0.25) is 0 Å². The Morgan fingerprint density at radius 3 is 2.00 bits per heavy atom. The molecule has 0 amide bonds. The van der Waals surface area contributed by atoms with Crippen LogP contribution in [0, 0.1) is 5.92 Å². The van der Waals surface area contributed by atoms with E-state index in [9.17, 15) is 0 Å². The van der Waals surface area contributed by atoms with Crippen molar-refractivity contribution < 1.29 is 0 Å². The molecule has 3 N–H and O–H groups in total. The van der Waals surface area contributed by atoms with Crippen LogP contribution >= 0.6 is 0 Å². The van der Waals surface area contributed by atoms with Gasteiger partial charge >= 0.3 is 0 Å². The highest BCUT2D eigenvalue weighted by atomic mass is 15.0. The van der Waals surface area contributed by atoms with Gasteiger partial charge in [-0.2, -0.15) is 0 Å². The lowest BCUT2D eigenvalue weighted by Crippen LogP contribution is -2.46. The van der Waals surface area contributed by atoms with Gasteiger partial charge in [0.15, 0.2) is 0 Å². The molecule has 2 heteroatoms. The maximum Gasteiger partial charge on any atom is 0.00991 e. The van der Waals surface area contributed by atoms with Crippen LogP contribution < -0.4 is 11.1 Å². The normalized spacial score (nSPS) is 18.0. The minimum Gasteiger partial charge on any atom is -0.330 e. The zero-order valence-corrected chi connectivity index (χ0v) is 8.44. The maximum absolute atomic E-state index is 5.55. The quantitative estimate of drug-likeness (QED) is 0.651. The average molecular weight is 158 g/mol. The van der Waals surface area contributed by atoms with Crippen molar-refractivity contribution >= 4 is 0 Å². The Bertz CT molecular complexity index is 105. The van der Waals surface area contributed by atoms with Crippen LogP contribution in [0.3, 0.4) is 0 Å². The summed E-state index contributed by atoms with van der Waals surface area (Å²) in [5.74, 6) is 0.550. The number of rotatable bonds is 3. The van der Waals surface area contributed by atoms with Crippen LogP contribution in [0.1, 0.15) is 34.6 Å². The second kappa shape index (κ2) is 4.07. The van der Waals surface area contributed by atoms with Crippen molar-refractivity contribution in [2.24, 2.45) is 11.7 Å². The van der Waals surface area contributed by atoms with Gasteiger partial charge in [-0.1, -0.05) is 6.92 Å². The smallest absolute Gasteiger partial charge is 0.00991 e. The van der Waals surface area contributed by atoms with Crippen molar-refractivity contribution in [2.75, 3.05) is 6.54 Å². The highest BCUT2D eigenvalue weighted by Gasteiger charge is 2.16. The summed E-state index contributed by atoms with van der Waals surface area (Å²) in [7, 11) is 0. The van der Waals surface area contributed by atoms with E-state index < -0.39 is 0 Å². The van der Waals surface area contributed by atoms with Crippen LogP contribution in [-0.4, -0.2) is 18.1 Å². The Morgan fingerprint density at radius 2 is 1.73 bits per heavy atom. The fraction of sp³-hybridized carbons (Fsp3) is 1.00. The van der Waals surface area contributed by atoms with Crippen LogP contribution in [0.4, 0.5) is 0 Å². The second-order valence-corrected chi connectivity index (χ2v) is 4.40. The zero-order chi connectivity index (χ0) is 9.07. The summed E-state index contributed by atoms with van der Waals surface area (Å²) >= 11 is 0. The molecule has 0 heterocycles. The summed E-state index contributed by atoms with van der Waals surface area (Å²) in [6.45, 7) is 11.6. The van der Waals surface area contributed by atoms with Crippen molar-refractivity contribution in [2.45, 2.75) is 46.2 Å². The SMILES string of the molecule is CC(CN)C(C)NC(C)(C)C. The molecule has 2 unspecified atom stereocenters. The first-order valence-electron chi connectivity index (χ1n) is 4.34.